The summed E-state index contributed by atoms with van der Waals surface area (Å²) < 4.78 is 4.78. The summed E-state index contributed by atoms with van der Waals surface area (Å²) >= 11 is 11.5. The number of aryl methyl sites for hydroxylation is 1. The van der Waals surface area contributed by atoms with Gasteiger partial charge in [-0.2, -0.15) is 0 Å². The van der Waals surface area contributed by atoms with E-state index in [-0.39, 0.29) is 22.0 Å². The summed E-state index contributed by atoms with van der Waals surface area (Å²) in [7, 11) is 0. The zero-order valence-corrected chi connectivity index (χ0v) is 10.7. The molecule has 0 saturated heterocycles. The predicted molar refractivity (Wildman–Crippen MR) is 67.3 cm³/mol. The molecule has 2 aromatic rings. The lowest BCUT2D eigenvalue weighted by atomic mass is 10.2. The van der Waals surface area contributed by atoms with Crippen LogP contribution >= 0.6 is 23.2 Å². The standard InChI is InChI=1S/C11H8Cl2N2O3/c1-5-7(4-14-18-5)11(17)15-9-3-6(12)2-8(13)10(9)16/h2-4,16H,1H3,(H,15,17). The van der Waals surface area contributed by atoms with E-state index in [0.29, 0.717) is 10.8 Å². The Bertz CT molecular complexity index is 610. The number of carbonyl (C=O) groups is 1. The second-order valence-electron chi connectivity index (χ2n) is 3.53. The number of nitrogens with zero attached hydrogens (tertiary/aromatic N) is 1. The van der Waals surface area contributed by atoms with Crippen molar-refractivity contribution in [3.63, 3.8) is 0 Å². The molecule has 1 amide bonds. The van der Waals surface area contributed by atoms with Gasteiger partial charge in [0.1, 0.15) is 11.3 Å². The molecule has 18 heavy (non-hydrogen) atoms. The van der Waals surface area contributed by atoms with E-state index in [0.717, 1.165) is 0 Å². The minimum absolute atomic E-state index is 0.0554. The molecule has 0 unspecified atom stereocenters. The number of hydrogen-bond acceptors (Lipinski definition) is 4. The van der Waals surface area contributed by atoms with Crippen molar-refractivity contribution in [2.75, 3.05) is 5.32 Å². The van der Waals surface area contributed by atoms with Crippen LogP contribution in [-0.2, 0) is 0 Å². The van der Waals surface area contributed by atoms with Gasteiger partial charge in [-0.15, -0.1) is 0 Å². The molecule has 2 N–H and O–H groups in total. The smallest absolute Gasteiger partial charge is 0.260 e. The van der Waals surface area contributed by atoms with Crippen LogP contribution in [0.1, 0.15) is 16.1 Å². The summed E-state index contributed by atoms with van der Waals surface area (Å²) in [6.45, 7) is 1.60. The van der Waals surface area contributed by atoms with Crippen molar-refractivity contribution < 1.29 is 14.4 Å². The summed E-state index contributed by atoms with van der Waals surface area (Å²) in [5.74, 6) is -0.342. The van der Waals surface area contributed by atoms with Gasteiger partial charge in [0.25, 0.3) is 5.91 Å². The van der Waals surface area contributed by atoms with Crippen molar-refractivity contribution in [3.05, 3.63) is 39.7 Å². The van der Waals surface area contributed by atoms with Crippen molar-refractivity contribution in [1.82, 2.24) is 5.16 Å². The Morgan fingerprint density at radius 3 is 2.78 bits per heavy atom. The Labute approximate surface area is 112 Å². The molecule has 0 atom stereocenters. The van der Waals surface area contributed by atoms with Gasteiger partial charge >= 0.3 is 0 Å². The Morgan fingerprint density at radius 1 is 1.44 bits per heavy atom. The highest BCUT2D eigenvalue weighted by molar-refractivity contribution is 6.36. The van der Waals surface area contributed by atoms with E-state index in [9.17, 15) is 9.90 Å². The summed E-state index contributed by atoms with van der Waals surface area (Å²) in [5, 5.41) is 16.0. The van der Waals surface area contributed by atoms with Crippen molar-refractivity contribution in [3.8, 4) is 5.75 Å². The fourth-order valence-corrected chi connectivity index (χ4v) is 1.86. The summed E-state index contributed by atoms with van der Waals surface area (Å²) in [6, 6.07) is 2.77. The van der Waals surface area contributed by atoms with Crippen LogP contribution in [0.5, 0.6) is 5.75 Å². The first-order valence-electron chi connectivity index (χ1n) is 4.89. The molecule has 0 aliphatic heterocycles. The molecule has 0 spiro atoms. The van der Waals surface area contributed by atoms with Crippen LogP contribution in [0.25, 0.3) is 0 Å². The van der Waals surface area contributed by atoms with Crippen LogP contribution in [0, 0.1) is 6.92 Å². The number of halogens is 2. The molecule has 0 aliphatic carbocycles. The lowest BCUT2D eigenvalue weighted by Crippen LogP contribution is -2.12. The van der Waals surface area contributed by atoms with Gasteiger partial charge < -0.3 is 14.9 Å². The number of carbonyl (C=O) groups excluding carboxylic acids is 1. The largest absolute Gasteiger partial charge is 0.504 e. The van der Waals surface area contributed by atoms with E-state index in [2.05, 4.69) is 10.5 Å². The fraction of sp³-hybridized carbons (Fsp3) is 0.0909. The van der Waals surface area contributed by atoms with Crippen molar-refractivity contribution in [2.24, 2.45) is 0 Å². The second kappa shape index (κ2) is 4.88. The van der Waals surface area contributed by atoms with Gasteiger partial charge in [-0.05, 0) is 19.1 Å². The van der Waals surface area contributed by atoms with Crippen molar-refractivity contribution in [1.29, 1.82) is 0 Å². The molecule has 0 radical (unpaired) electrons. The van der Waals surface area contributed by atoms with E-state index in [1.165, 1.54) is 18.3 Å². The molecule has 0 aliphatic rings. The van der Waals surface area contributed by atoms with E-state index in [1.807, 2.05) is 0 Å². The molecular formula is C11H8Cl2N2O3. The number of rotatable bonds is 2. The van der Waals surface area contributed by atoms with Gasteiger partial charge in [0.05, 0.1) is 16.9 Å². The number of phenolic OH excluding ortho intramolecular Hbond substituents is 1. The Morgan fingerprint density at radius 2 is 2.17 bits per heavy atom. The van der Waals surface area contributed by atoms with Crippen molar-refractivity contribution >= 4 is 34.8 Å². The molecule has 0 saturated carbocycles. The van der Waals surface area contributed by atoms with Crippen molar-refractivity contribution in [2.45, 2.75) is 6.92 Å². The monoisotopic (exact) mass is 286 g/mol. The van der Waals surface area contributed by atoms with Crippen LogP contribution in [0.15, 0.2) is 22.9 Å². The molecule has 0 fully saturated rings. The third-order valence-corrected chi connectivity index (χ3v) is 2.78. The average molecular weight is 287 g/mol. The maximum Gasteiger partial charge on any atom is 0.260 e. The number of aromatic nitrogens is 1. The maximum absolute atomic E-state index is 11.9. The predicted octanol–water partition coefficient (Wildman–Crippen LogP) is 3.25. The third kappa shape index (κ3) is 2.42. The minimum Gasteiger partial charge on any atom is -0.504 e. The molecule has 0 bridgehead atoms. The van der Waals surface area contributed by atoms with Crippen LogP contribution in [0.3, 0.4) is 0 Å². The molecule has 5 nitrogen and oxygen atoms in total. The van der Waals surface area contributed by atoms with Crippen LogP contribution in [-0.4, -0.2) is 16.2 Å². The first-order valence-corrected chi connectivity index (χ1v) is 5.65. The van der Waals surface area contributed by atoms with Gasteiger partial charge in [-0.25, -0.2) is 0 Å². The Kier molecular flexibility index (Phi) is 3.45. The minimum atomic E-state index is -0.470. The molecule has 1 aromatic carbocycles. The maximum atomic E-state index is 11.9. The molecular weight excluding hydrogens is 279 g/mol. The summed E-state index contributed by atoms with van der Waals surface area (Å²) in [4.78, 5) is 11.9. The summed E-state index contributed by atoms with van der Waals surface area (Å²) in [6.07, 6.45) is 1.29. The van der Waals surface area contributed by atoms with Gasteiger partial charge in [0.2, 0.25) is 0 Å². The SMILES string of the molecule is Cc1oncc1C(=O)Nc1cc(Cl)cc(Cl)c1O. The lowest BCUT2D eigenvalue weighted by Gasteiger charge is -2.08. The number of anilines is 1. The Hall–Kier alpha value is -1.72. The number of amides is 1. The third-order valence-electron chi connectivity index (χ3n) is 2.27. The number of aromatic hydroxyl groups is 1. The van der Waals surface area contributed by atoms with Gasteiger partial charge in [0.15, 0.2) is 5.75 Å². The van der Waals surface area contributed by atoms with E-state index in [1.54, 1.807) is 6.92 Å². The molecule has 1 aromatic heterocycles. The fourth-order valence-electron chi connectivity index (χ4n) is 1.37. The van der Waals surface area contributed by atoms with Crippen LogP contribution < -0.4 is 5.32 Å². The molecule has 1 heterocycles. The van der Waals surface area contributed by atoms with Gasteiger partial charge in [-0.3, -0.25) is 4.79 Å². The van der Waals surface area contributed by atoms with E-state index < -0.39 is 5.91 Å². The highest BCUT2D eigenvalue weighted by atomic mass is 35.5. The van der Waals surface area contributed by atoms with E-state index >= 15 is 0 Å². The topological polar surface area (TPSA) is 75.4 Å². The molecule has 2 rings (SSSR count). The average Bonchev–Trinajstić information content (AvgIpc) is 2.71. The van der Waals surface area contributed by atoms with Gasteiger partial charge in [-0.1, -0.05) is 28.4 Å². The Balaban J connectivity index is 2.30. The normalized spacial score (nSPS) is 10.4. The van der Waals surface area contributed by atoms with E-state index in [4.69, 9.17) is 27.7 Å². The quantitative estimate of drug-likeness (QED) is 0.831. The number of phenols is 1. The molecule has 94 valence electrons. The van der Waals surface area contributed by atoms with Gasteiger partial charge in [0, 0.05) is 5.02 Å². The van der Waals surface area contributed by atoms with Crippen LogP contribution in [0.4, 0.5) is 5.69 Å². The summed E-state index contributed by atoms with van der Waals surface area (Å²) in [5.41, 5.74) is 0.392. The molecule has 7 heteroatoms. The number of nitrogens with one attached hydrogen (secondary N) is 1. The van der Waals surface area contributed by atoms with Crippen LogP contribution in [0.2, 0.25) is 10.0 Å². The second-order valence-corrected chi connectivity index (χ2v) is 4.38. The lowest BCUT2D eigenvalue weighted by molar-refractivity contribution is 0.102. The number of benzene rings is 1. The zero-order chi connectivity index (χ0) is 13.3. The zero-order valence-electron chi connectivity index (χ0n) is 9.20. The highest BCUT2D eigenvalue weighted by Crippen LogP contribution is 2.35. The first kappa shape index (κ1) is 12.7. The first-order chi connectivity index (χ1) is 8.49. The highest BCUT2D eigenvalue weighted by Gasteiger charge is 2.16. The number of hydrogen-bond donors (Lipinski definition) is 2.